The number of benzene rings is 2. The summed E-state index contributed by atoms with van der Waals surface area (Å²) in [6.45, 7) is 4.11. The van der Waals surface area contributed by atoms with Crippen molar-refractivity contribution in [2.24, 2.45) is 0 Å². The average molecular weight is 382 g/mol. The van der Waals surface area contributed by atoms with E-state index in [1.54, 1.807) is 6.08 Å². The molecule has 0 bridgehead atoms. The quantitative estimate of drug-likeness (QED) is 0.367. The van der Waals surface area contributed by atoms with Crippen LogP contribution in [-0.4, -0.2) is 4.98 Å². The number of aromatic nitrogens is 1. The molecular formula is C24H18N2OS. The highest BCUT2D eigenvalue weighted by Crippen LogP contribution is 2.29. The van der Waals surface area contributed by atoms with E-state index in [0.717, 1.165) is 22.6 Å². The first kappa shape index (κ1) is 18.0. The van der Waals surface area contributed by atoms with Gasteiger partial charge in [-0.2, -0.15) is 5.26 Å². The highest BCUT2D eigenvalue weighted by molar-refractivity contribution is 7.11. The number of allylic oxidation sites excluding steroid dienone is 1. The molecule has 4 rings (SSSR count). The second-order valence-electron chi connectivity index (χ2n) is 6.64. The normalized spacial score (nSPS) is 11.4. The Kier molecular flexibility index (Phi) is 4.92. The van der Waals surface area contributed by atoms with Crippen LogP contribution in [0.1, 0.15) is 21.9 Å². The Morgan fingerprint density at radius 3 is 2.21 bits per heavy atom. The highest BCUT2D eigenvalue weighted by atomic mass is 32.1. The maximum Gasteiger partial charge on any atom is 0.134 e. The fraction of sp³-hybridized carbons (Fsp3) is 0.0833. The van der Waals surface area contributed by atoms with Crippen molar-refractivity contribution in [3.63, 3.8) is 0 Å². The van der Waals surface area contributed by atoms with Gasteiger partial charge in [0.15, 0.2) is 0 Å². The van der Waals surface area contributed by atoms with Gasteiger partial charge in [0.1, 0.15) is 22.6 Å². The van der Waals surface area contributed by atoms with Crippen molar-refractivity contribution in [2.75, 3.05) is 0 Å². The van der Waals surface area contributed by atoms with Crippen LogP contribution in [0, 0.1) is 25.2 Å². The van der Waals surface area contributed by atoms with Crippen LogP contribution in [0.2, 0.25) is 0 Å². The van der Waals surface area contributed by atoms with Crippen molar-refractivity contribution in [3.05, 3.63) is 87.9 Å². The third-order valence-corrected chi connectivity index (χ3v) is 5.33. The molecular weight excluding hydrogens is 364 g/mol. The van der Waals surface area contributed by atoms with Crippen molar-refractivity contribution < 1.29 is 4.42 Å². The predicted octanol–water partition coefficient (Wildman–Crippen LogP) is 6.75. The molecule has 0 saturated heterocycles. The van der Waals surface area contributed by atoms with Crippen molar-refractivity contribution >= 4 is 23.0 Å². The second kappa shape index (κ2) is 7.67. The molecule has 0 N–H and O–H groups in total. The Hall–Kier alpha value is -3.42. The van der Waals surface area contributed by atoms with Gasteiger partial charge in [-0.05, 0) is 26.0 Å². The van der Waals surface area contributed by atoms with Gasteiger partial charge in [0.05, 0.1) is 11.3 Å². The lowest BCUT2D eigenvalue weighted by Gasteiger charge is -1.98. The van der Waals surface area contributed by atoms with Gasteiger partial charge in [0.25, 0.3) is 0 Å². The molecule has 3 nitrogen and oxygen atoms in total. The minimum atomic E-state index is 0.494. The summed E-state index contributed by atoms with van der Waals surface area (Å²) in [5, 5.41) is 12.3. The molecule has 2 aromatic carbocycles. The lowest BCUT2D eigenvalue weighted by molar-refractivity contribution is 0.572. The van der Waals surface area contributed by atoms with Gasteiger partial charge in [-0.3, -0.25) is 0 Å². The molecule has 136 valence electrons. The molecule has 0 unspecified atom stereocenters. The summed E-state index contributed by atoms with van der Waals surface area (Å²) in [7, 11) is 0. The molecule has 2 heterocycles. The molecule has 0 aliphatic carbocycles. The zero-order valence-corrected chi connectivity index (χ0v) is 16.5. The summed E-state index contributed by atoms with van der Waals surface area (Å²) in [5.41, 5.74) is 5.84. The first-order valence-corrected chi connectivity index (χ1v) is 9.82. The number of furan rings is 1. The van der Waals surface area contributed by atoms with Gasteiger partial charge >= 0.3 is 0 Å². The molecule has 4 heteroatoms. The number of thiazole rings is 1. The van der Waals surface area contributed by atoms with E-state index in [-0.39, 0.29) is 0 Å². The van der Waals surface area contributed by atoms with Gasteiger partial charge in [-0.1, -0.05) is 59.7 Å². The maximum absolute atomic E-state index is 9.62. The number of hydrogen-bond donors (Lipinski definition) is 0. The number of nitriles is 1. The SMILES string of the molecule is Cc1ccc(-c2csc(/C(C#N)=C/c3ccc(-c4ccc(C)cc4)o3)n2)cc1. The van der Waals surface area contributed by atoms with Gasteiger partial charge in [-0.15, -0.1) is 11.3 Å². The zero-order valence-electron chi connectivity index (χ0n) is 15.6. The van der Waals surface area contributed by atoms with Gasteiger partial charge in [0, 0.05) is 22.6 Å². The monoisotopic (exact) mass is 382 g/mol. The van der Waals surface area contributed by atoms with Crippen LogP contribution < -0.4 is 0 Å². The van der Waals surface area contributed by atoms with Crippen LogP contribution in [0.3, 0.4) is 0 Å². The van der Waals surface area contributed by atoms with E-state index in [1.807, 2.05) is 41.8 Å². The first-order chi connectivity index (χ1) is 13.6. The number of nitrogens with zero attached hydrogens (tertiary/aromatic N) is 2. The van der Waals surface area contributed by atoms with Crippen LogP contribution in [0.5, 0.6) is 0 Å². The van der Waals surface area contributed by atoms with E-state index >= 15 is 0 Å². The van der Waals surface area contributed by atoms with Crippen LogP contribution in [0.4, 0.5) is 0 Å². The molecule has 4 aromatic rings. The third kappa shape index (κ3) is 3.80. The minimum Gasteiger partial charge on any atom is -0.457 e. The van der Waals surface area contributed by atoms with E-state index in [4.69, 9.17) is 4.42 Å². The average Bonchev–Trinajstić information content (AvgIpc) is 3.37. The van der Waals surface area contributed by atoms with E-state index in [9.17, 15) is 5.26 Å². The maximum atomic E-state index is 9.62. The summed E-state index contributed by atoms with van der Waals surface area (Å²) in [4.78, 5) is 4.64. The van der Waals surface area contributed by atoms with Gasteiger partial charge < -0.3 is 4.42 Å². The van der Waals surface area contributed by atoms with Gasteiger partial charge in [-0.25, -0.2) is 4.98 Å². The summed E-state index contributed by atoms with van der Waals surface area (Å²) >= 11 is 1.46. The van der Waals surface area contributed by atoms with Crippen molar-refractivity contribution in [3.8, 4) is 28.7 Å². The van der Waals surface area contributed by atoms with Crippen LogP contribution in [0.25, 0.3) is 34.2 Å². The van der Waals surface area contributed by atoms with E-state index < -0.39 is 0 Å². The van der Waals surface area contributed by atoms with Crippen LogP contribution in [-0.2, 0) is 0 Å². The lowest BCUT2D eigenvalue weighted by atomic mass is 10.1. The van der Waals surface area contributed by atoms with E-state index in [0.29, 0.717) is 16.3 Å². The summed E-state index contributed by atoms with van der Waals surface area (Å²) in [5.74, 6) is 1.42. The molecule has 0 amide bonds. The molecule has 0 aliphatic rings. The highest BCUT2D eigenvalue weighted by Gasteiger charge is 2.11. The number of aryl methyl sites for hydroxylation is 2. The topological polar surface area (TPSA) is 49.8 Å². The molecule has 28 heavy (non-hydrogen) atoms. The van der Waals surface area contributed by atoms with Crippen LogP contribution >= 0.6 is 11.3 Å². The Morgan fingerprint density at radius 1 is 0.929 bits per heavy atom. The minimum absolute atomic E-state index is 0.494. The Bertz CT molecular complexity index is 1170. The van der Waals surface area contributed by atoms with Crippen molar-refractivity contribution in [1.82, 2.24) is 4.98 Å². The predicted molar refractivity (Wildman–Crippen MR) is 115 cm³/mol. The molecule has 0 aliphatic heterocycles. The van der Waals surface area contributed by atoms with E-state index in [2.05, 4.69) is 49.2 Å². The molecule has 0 saturated carbocycles. The molecule has 0 atom stereocenters. The summed E-state index contributed by atoms with van der Waals surface area (Å²) in [6.07, 6.45) is 1.75. The Morgan fingerprint density at radius 2 is 1.57 bits per heavy atom. The number of hydrogen-bond acceptors (Lipinski definition) is 4. The molecule has 0 radical (unpaired) electrons. The van der Waals surface area contributed by atoms with Gasteiger partial charge in [0.2, 0.25) is 0 Å². The summed E-state index contributed by atoms with van der Waals surface area (Å²) in [6, 6.07) is 22.4. The molecule has 0 spiro atoms. The van der Waals surface area contributed by atoms with Crippen molar-refractivity contribution in [1.29, 1.82) is 5.26 Å². The fourth-order valence-electron chi connectivity index (χ4n) is 2.84. The number of rotatable bonds is 4. The largest absolute Gasteiger partial charge is 0.457 e. The first-order valence-electron chi connectivity index (χ1n) is 8.94. The van der Waals surface area contributed by atoms with Crippen LogP contribution in [0.15, 0.2) is 70.5 Å². The molecule has 2 aromatic heterocycles. The van der Waals surface area contributed by atoms with E-state index in [1.165, 1.54) is 22.5 Å². The second-order valence-corrected chi connectivity index (χ2v) is 7.50. The zero-order chi connectivity index (χ0) is 19.5. The fourth-order valence-corrected chi connectivity index (χ4v) is 3.64. The smallest absolute Gasteiger partial charge is 0.134 e. The Labute approximate surface area is 168 Å². The van der Waals surface area contributed by atoms with Crippen molar-refractivity contribution in [2.45, 2.75) is 13.8 Å². The third-order valence-electron chi connectivity index (χ3n) is 4.45. The summed E-state index contributed by atoms with van der Waals surface area (Å²) < 4.78 is 5.92. The lowest BCUT2D eigenvalue weighted by Crippen LogP contribution is -1.82. The standard InChI is InChI=1S/C24H18N2OS/c1-16-3-7-18(8-4-16)22-15-28-24(26-22)20(14-25)13-21-11-12-23(27-21)19-9-5-17(2)6-10-19/h3-13,15H,1-2H3/b20-13+. The molecule has 0 fully saturated rings. The Balaban J connectivity index is 1.61.